The molecule has 0 aromatic heterocycles. The smallest absolute Gasteiger partial charge is 0.337 e. The van der Waals surface area contributed by atoms with Gasteiger partial charge in [-0.3, -0.25) is 19.5 Å². The maximum Gasteiger partial charge on any atom is 0.337 e. The number of ketones is 1. The summed E-state index contributed by atoms with van der Waals surface area (Å²) in [7, 11) is -0.925. The van der Waals surface area contributed by atoms with E-state index < -0.39 is 30.7 Å². The lowest BCUT2D eigenvalue weighted by Gasteiger charge is -2.38. The summed E-state index contributed by atoms with van der Waals surface area (Å²) < 4.78 is 28.1. The molecule has 4 rings (SSSR count). The van der Waals surface area contributed by atoms with Gasteiger partial charge in [0, 0.05) is 20.6 Å². The number of carbonyl (C=O) groups is 2. The molecule has 0 aliphatic heterocycles. The molecule has 7 nitrogen and oxygen atoms in total. The zero-order valence-corrected chi connectivity index (χ0v) is 24.7. The summed E-state index contributed by atoms with van der Waals surface area (Å²) in [6.07, 6.45) is 0.545. The molecule has 0 saturated heterocycles. The molecule has 1 aliphatic rings. The first kappa shape index (κ1) is 29.9. The van der Waals surface area contributed by atoms with Gasteiger partial charge in [-0.15, -0.1) is 0 Å². The van der Waals surface area contributed by atoms with Gasteiger partial charge in [0.25, 0.3) is 0 Å². The first-order chi connectivity index (χ1) is 19.0. The minimum Gasteiger partial charge on any atom is -0.459 e. The average Bonchev–Trinajstić information content (AvgIpc) is 3.22. The van der Waals surface area contributed by atoms with Crippen molar-refractivity contribution in [1.82, 2.24) is 5.32 Å². The summed E-state index contributed by atoms with van der Waals surface area (Å²) in [5.41, 5.74) is 3.79. The molecule has 212 valence electrons. The molecular formula is C32H38NO6P. The van der Waals surface area contributed by atoms with Crippen LogP contribution in [-0.2, 0) is 33.5 Å². The van der Waals surface area contributed by atoms with Crippen molar-refractivity contribution in [3.63, 3.8) is 0 Å². The largest absolute Gasteiger partial charge is 0.459 e. The van der Waals surface area contributed by atoms with Crippen molar-refractivity contribution < 1.29 is 27.9 Å². The highest BCUT2D eigenvalue weighted by Crippen LogP contribution is 2.51. The van der Waals surface area contributed by atoms with Crippen LogP contribution in [0.1, 0.15) is 56.7 Å². The van der Waals surface area contributed by atoms with Crippen molar-refractivity contribution in [3.8, 4) is 11.1 Å². The number of hydrogen-bond donors (Lipinski definition) is 1. The average molecular weight is 564 g/mol. The standard InChI is InChI=1S/C32H38NO6P/c1-31(2,3)39-30(35)29(21-13-16-24(34)22-40(36,37-4)38-5)33-32(23-14-7-6-8-15-23)27-19-11-9-17-25(27)26-18-10-12-20-28(26)32/h6-12,14-15,17-20,29,33H,13,16,21-22H2,1-5H3/t29-/m0/s1. The van der Waals surface area contributed by atoms with E-state index in [0.29, 0.717) is 12.8 Å². The fourth-order valence-corrected chi connectivity index (χ4v) is 6.36. The molecule has 0 unspecified atom stereocenters. The number of carbonyl (C=O) groups excluding carboxylic acids is 2. The predicted octanol–water partition coefficient (Wildman–Crippen LogP) is 6.48. The molecule has 1 atom stereocenters. The normalized spacial score (nSPS) is 14.7. The van der Waals surface area contributed by atoms with E-state index in [4.69, 9.17) is 13.8 Å². The fraction of sp³-hybridized carbons (Fsp3) is 0.375. The lowest BCUT2D eigenvalue weighted by Crippen LogP contribution is -2.53. The Kier molecular flexibility index (Phi) is 9.11. The van der Waals surface area contributed by atoms with Gasteiger partial charge in [-0.1, -0.05) is 78.9 Å². The zero-order chi connectivity index (χ0) is 29.0. The van der Waals surface area contributed by atoms with E-state index in [1.807, 2.05) is 63.2 Å². The van der Waals surface area contributed by atoms with Gasteiger partial charge in [0.15, 0.2) is 0 Å². The van der Waals surface area contributed by atoms with Gasteiger partial charge in [0.05, 0.1) is 5.54 Å². The van der Waals surface area contributed by atoms with E-state index in [1.54, 1.807) is 0 Å². The van der Waals surface area contributed by atoms with Crippen molar-refractivity contribution in [1.29, 1.82) is 0 Å². The maximum absolute atomic E-state index is 13.7. The van der Waals surface area contributed by atoms with E-state index in [9.17, 15) is 14.2 Å². The third-order valence-electron chi connectivity index (χ3n) is 7.12. The zero-order valence-electron chi connectivity index (χ0n) is 23.8. The number of fused-ring (bicyclic) bond motifs is 3. The fourth-order valence-electron chi connectivity index (χ4n) is 5.36. The molecule has 0 heterocycles. The number of rotatable bonds is 12. The Morgan fingerprint density at radius 2 is 1.38 bits per heavy atom. The topological polar surface area (TPSA) is 90.9 Å². The third kappa shape index (κ3) is 6.29. The maximum atomic E-state index is 13.7. The van der Waals surface area contributed by atoms with Crippen molar-refractivity contribution in [3.05, 3.63) is 95.6 Å². The monoisotopic (exact) mass is 563 g/mol. The second-order valence-corrected chi connectivity index (χ2v) is 13.3. The van der Waals surface area contributed by atoms with Crippen LogP contribution in [0.4, 0.5) is 0 Å². The van der Waals surface area contributed by atoms with E-state index in [-0.39, 0.29) is 18.4 Å². The Labute approximate surface area is 236 Å². The molecule has 0 amide bonds. The van der Waals surface area contributed by atoms with Crippen molar-refractivity contribution in [2.45, 2.75) is 57.2 Å². The molecule has 8 heteroatoms. The van der Waals surface area contributed by atoms with Crippen LogP contribution in [0.15, 0.2) is 78.9 Å². The molecule has 1 aliphatic carbocycles. The third-order valence-corrected chi connectivity index (χ3v) is 8.97. The van der Waals surface area contributed by atoms with Crippen LogP contribution >= 0.6 is 7.60 Å². The second kappa shape index (κ2) is 12.2. The van der Waals surface area contributed by atoms with Crippen LogP contribution < -0.4 is 5.32 Å². The highest BCUT2D eigenvalue weighted by atomic mass is 31.2. The van der Waals surface area contributed by atoms with Crippen LogP contribution in [0.5, 0.6) is 0 Å². The number of hydrogen-bond acceptors (Lipinski definition) is 7. The molecule has 0 radical (unpaired) electrons. The van der Waals surface area contributed by atoms with E-state index in [0.717, 1.165) is 27.8 Å². The second-order valence-electron chi connectivity index (χ2n) is 11.0. The molecule has 40 heavy (non-hydrogen) atoms. The number of esters is 1. The SMILES string of the molecule is COP(=O)(CC(=O)CCC[C@H](NC1(c2ccccc2)c2ccccc2-c2ccccc21)C(=O)OC(C)(C)C)OC. The molecule has 0 spiro atoms. The van der Waals surface area contributed by atoms with Crippen molar-refractivity contribution >= 4 is 19.3 Å². The Balaban J connectivity index is 1.72. The molecule has 0 saturated carbocycles. The molecule has 3 aromatic rings. The number of benzene rings is 3. The number of Topliss-reactive ketones (excluding diaryl/α,β-unsaturated/α-hetero) is 1. The van der Waals surface area contributed by atoms with Crippen LogP contribution in [-0.4, -0.2) is 43.8 Å². The summed E-state index contributed by atoms with van der Waals surface area (Å²) in [6.45, 7) is 5.52. The first-order valence-electron chi connectivity index (χ1n) is 13.5. The van der Waals surface area contributed by atoms with E-state index in [2.05, 4.69) is 41.7 Å². The van der Waals surface area contributed by atoms with Gasteiger partial charge >= 0.3 is 13.6 Å². The van der Waals surface area contributed by atoms with Crippen LogP contribution in [0.25, 0.3) is 11.1 Å². The van der Waals surface area contributed by atoms with Gasteiger partial charge in [-0.2, -0.15) is 0 Å². The summed E-state index contributed by atoms with van der Waals surface area (Å²) >= 11 is 0. The lowest BCUT2D eigenvalue weighted by molar-refractivity contribution is -0.158. The summed E-state index contributed by atoms with van der Waals surface area (Å²) in [5.74, 6) is -0.638. The van der Waals surface area contributed by atoms with E-state index >= 15 is 0 Å². The van der Waals surface area contributed by atoms with Crippen molar-refractivity contribution in [2.24, 2.45) is 0 Å². The quantitative estimate of drug-likeness (QED) is 0.199. The first-order valence-corrected chi connectivity index (χ1v) is 15.2. The summed E-state index contributed by atoms with van der Waals surface area (Å²) in [5, 5.41) is 3.73. The molecule has 3 aromatic carbocycles. The summed E-state index contributed by atoms with van der Waals surface area (Å²) in [4.78, 5) is 26.3. The van der Waals surface area contributed by atoms with Gasteiger partial charge in [-0.05, 0) is 61.4 Å². The van der Waals surface area contributed by atoms with Gasteiger partial charge < -0.3 is 13.8 Å². The predicted molar refractivity (Wildman–Crippen MR) is 156 cm³/mol. The van der Waals surface area contributed by atoms with Crippen LogP contribution in [0.3, 0.4) is 0 Å². The molecule has 0 fully saturated rings. The van der Waals surface area contributed by atoms with Gasteiger partial charge in [0.2, 0.25) is 0 Å². The minimum atomic E-state index is -3.45. The lowest BCUT2D eigenvalue weighted by atomic mass is 9.79. The molecule has 0 bridgehead atoms. The van der Waals surface area contributed by atoms with Gasteiger partial charge in [0.1, 0.15) is 23.6 Å². The van der Waals surface area contributed by atoms with Crippen molar-refractivity contribution in [2.75, 3.05) is 20.4 Å². The molecule has 1 N–H and O–H groups in total. The Bertz CT molecular complexity index is 1340. The van der Waals surface area contributed by atoms with Crippen LogP contribution in [0, 0.1) is 0 Å². The number of nitrogens with one attached hydrogen (secondary N) is 1. The Morgan fingerprint density at radius 1 is 0.850 bits per heavy atom. The van der Waals surface area contributed by atoms with E-state index in [1.165, 1.54) is 14.2 Å². The Hall–Kier alpha value is -3.09. The number of ether oxygens (including phenoxy) is 1. The minimum absolute atomic E-state index is 0.128. The summed E-state index contributed by atoms with van der Waals surface area (Å²) in [6, 6.07) is 25.8. The highest BCUT2D eigenvalue weighted by molar-refractivity contribution is 7.54. The van der Waals surface area contributed by atoms with Crippen LogP contribution in [0.2, 0.25) is 0 Å². The molecular weight excluding hydrogens is 525 g/mol. The highest BCUT2D eigenvalue weighted by Gasteiger charge is 2.47. The van der Waals surface area contributed by atoms with Gasteiger partial charge in [-0.25, -0.2) is 0 Å². The Morgan fingerprint density at radius 3 is 1.90 bits per heavy atom.